The number of carbonyl (C=O) groups is 2. The van der Waals surface area contributed by atoms with Gasteiger partial charge in [-0.2, -0.15) is 0 Å². The molecular weight excluding hydrogens is 242 g/mol. The predicted molar refractivity (Wildman–Crippen MR) is 61.0 cm³/mol. The minimum absolute atomic E-state index is 0.229. The summed E-state index contributed by atoms with van der Waals surface area (Å²) in [5.74, 6) is -4.65. The number of carbonyl (C=O) groups excluding carboxylic acids is 2. The van der Waals surface area contributed by atoms with Crippen LogP contribution in [0.15, 0.2) is 0 Å². The highest BCUT2D eigenvalue weighted by Crippen LogP contribution is 2.49. The summed E-state index contributed by atoms with van der Waals surface area (Å²) in [6, 6.07) is -0.595. The second-order valence-corrected chi connectivity index (χ2v) is 5.49. The monoisotopic (exact) mass is 260 g/mol. The van der Waals surface area contributed by atoms with Gasteiger partial charge in [0.15, 0.2) is 0 Å². The van der Waals surface area contributed by atoms with Crippen LogP contribution in [0.3, 0.4) is 0 Å². The van der Waals surface area contributed by atoms with Crippen molar-refractivity contribution in [1.29, 1.82) is 0 Å². The van der Waals surface area contributed by atoms with Gasteiger partial charge in [-0.15, -0.1) is 0 Å². The molecule has 0 radical (unpaired) electrons. The van der Waals surface area contributed by atoms with Crippen molar-refractivity contribution in [3.8, 4) is 0 Å². The van der Waals surface area contributed by atoms with Crippen LogP contribution in [0.25, 0.3) is 0 Å². The van der Waals surface area contributed by atoms with Crippen molar-refractivity contribution < 1.29 is 18.4 Å². The molecule has 1 saturated carbocycles. The largest absolute Gasteiger partial charge is 0.353 e. The van der Waals surface area contributed by atoms with E-state index in [0.29, 0.717) is 19.5 Å². The lowest BCUT2D eigenvalue weighted by Crippen LogP contribution is -2.58. The average molecular weight is 260 g/mol. The summed E-state index contributed by atoms with van der Waals surface area (Å²) in [5.41, 5.74) is 0. The molecule has 4 nitrogen and oxygen atoms in total. The standard InChI is InChI=1S/C12H18F2N2O2/c1-7(2)5-9-10(17)15-3-4-16(9)11(18)8-6-12(8,13)14/h7-9H,3-6H2,1-2H3,(H,15,17)/t8-,9+/m1/s1. The first-order chi connectivity index (χ1) is 8.33. The fraction of sp³-hybridized carbons (Fsp3) is 0.833. The zero-order valence-electron chi connectivity index (χ0n) is 10.6. The van der Waals surface area contributed by atoms with Gasteiger partial charge in [-0.25, -0.2) is 8.78 Å². The molecule has 1 aliphatic carbocycles. The number of rotatable bonds is 3. The number of hydrogen-bond donors (Lipinski definition) is 1. The van der Waals surface area contributed by atoms with E-state index in [0.717, 1.165) is 0 Å². The molecule has 0 bridgehead atoms. The zero-order chi connectivity index (χ0) is 13.5. The number of alkyl halides is 2. The summed E-state index contributed by atoms with van der Waals surface area (Å²) in [6.07, 6.45) is 0.133. The Morgan fingerprint density at radius 2 is 2.17 bits per heavy atom. The first-order valence-corrected chi connectivity index (χ1v) is 6.29. The molecular formula is C12H18F2N2O2. The van der Waals surface area contributed by atoms with Crippen LogP contribution < -0.4 is 5.32 Å². The Bertz CT molecular complexity index is 371. The molecule has 1 saturated heterocycles. The van der Waals surface area contributed by atoms with E-state index in [4.69, 9.17) is 0 Å². The first-order valence-electron chi connectivity index (χ1n) is 6.29. The maximum atomic E-state index is 12.9. The van der Waals surface area contributed by atoms with Gasteiger partial charge in [0.25, 0.3) is 5.92 Å². The third-order valence-electron chi connectivity index (χ3n) is 3.43. The molecule has 2 amide bonds. The highest BCUT2D eigenvalue weighted by atomic mass is 19.3. The van der Waals surface area contributed by atoms with E-state index < -0.39 is 23.8 Å². The SMILES string of the molecule is CC(C)C[C@H]1C(=O)NCCN1C(=O)[C@H]1CC1(F)F. The van der Waals surface area contributed by atoms with Crippen LogP contribution in [0.5, 0.6) is 0 Å². The van der Waals surface area contributed by atoms with Gasteiger partial charge in [0.2, 0.25) is 11.8 Å². The van der Waals surface area contributed by atoms with Crippen LogP contribution in [-0.2, 0) is 9.59 Å². The normalized spacial score (nSPS) is 30.3. The maximum Gasteiger partial charge on any atom is 0.260 e. The van der Waals surface area contributed by atoms with Crippen molar-refractivity contribution in [3.63, 3.8) is 0 Å². The lowest BCUT2D eigenvalue weighted by molar-refractivity contribution is -0.146. The van der Waals surface area contributed by atoms with E-state index in [1.54, 1.807) is 0 Å². The number of amides is 2. The lowest BCUT2D eigenvalue weighted by atomic mass is 9.99. The van der Waals surface area contributed by atoms with Crippen molar-refractivity contribution in [2.24, 2.45) is 11.8 Å². The summed E-state index contributed by atoms with van der Waals surface area (Å²) >= 11 is 0. The number of hydrogen-bond acceptors (Lipinski definition) is 2. The van der Waals surface area contributed by atoms with E-state index in [2.05, 4.69) is 5.32 Å². The number of piperazine rings is 1. The molecule has 18 heavy (non-hydrogen) atoms. The fourth-order valence-electron chi connectivity index (χ4n) is 2.34. The van der Waals surface area contributed by atoms with Gasteiger partial charge in [-0.1, -0.05) is 13.8 Å². The summed E-state index contributed by atoms with van der Waals surface area (Å²) < 4.78 is 25.9. The summed E-state index contributed by atoms with van der Waals surface area (Å²) in [4.78, 5) is 25.1. The molecule has 1 heterocycles. The molecule has 2 aliphatic rings. The predicted octanol–water partition coefficient (Wildman–Crippen LogP) is 1.01. The highest BCUT2D eigenvalue weighted by Gasteiger charge is 2.63. The zero-order valence-corrected chi connectivity index (χ0v) is 10.6. The van der Waals surface area contributed by atoms with Crippen LogP contribution >= 0.6 is 0 Å². The molecule has 102 valence electrons. The van der Waals surface area contributed by atoms with Crippen LogP contribution in [0, 0.1) is 11.8 Å². The molecule has 0 aromatic heterocycles. The van der Waals surface area contributed by atoms with E-state index in [1.165, 1.54) is 4.90 Å². The average Bonchev–Trinajstić information content (AvgIpc) is 2.89. The second-order valence-electron chi connectivity index (χ2n) is 5.49. The highest BCUT2D eigenvalue weighted by molar-refractivity contribution is 5.91. The summed E-state index contributed by atoms with van der Waals surface area (Å²) in [7, 11) is 0. The minimum atomic E-state index is -2.87. The van der Waals surface area contributed by atoms with E-state index >= 15 is 0 Å². The smallest absolute Gasteiger partial charge is 0.260 e. The molecule has 2 atom stereocenters. The van der Waals surface area contributed by atoms with Gasteiger partial charge >= 0.3 is 0 Å². The molecule has 0 aromatic carbocycles. The first kappa shape index (κ1) is 13.2. The van der Waals surface area contributed by atoms with Gasteiger partial charge in [0.05, 0.1) is 0 Å². The fourth-order valence-corrected chi connectivity index (χ4v) is 2.34. The van der Waals surface area contributed by atoms with Crippen LogP contribution in [-0.4, -0.2) is 41.8 Å². The van der Waals surface area contributed by atoms with Crippen molar-refractivity contribution in [3.05, 3.63) is 0 Å². The summed E-state index contributed by atoms with van der Waals surface area (Å²) in [6.45, 7) is 4.55. The van der Waals surface area contributed by atoms with Crippen molar-refractivity contribution in [2.45, 2.75) is 38.7 Å². The quantitative estimate of drug-likeness (QED) is 0.823. The van der Waals surface area contributed by atoms with Crippen molar-refractivity contribution in [2.75, 3.05) is 13.1 Å². The number of nitrogens with zero attached hydrogens (tertiary/aromatic N) is 1. The lowest BCUT2D eigenvalue weighted by Gasteiger charge is -2.36. The van der Waals surface area contributed by atoms with E-state index in [-0.39, 0.29) is 18.2 Å². The molecule has 1 aliphatic heterocycles. The third kappa shape index (κ3) is 2.47. The Hall–Kier alpha value is -1.20. The Balaban J connectivity index is 2.08. The molecule has 0 unspecified atom stereocenters. The van der Waals surface area contributed by atoms with Crippen molar-refractivity contribution in [1.82, 2.24) is 10.2 Å². The molecule has 0 aromatic rings. The molecule has 6 heteroatoms. The molecule has 0 spiro atoms. The summed E-state index contributed by atoms with van der Waals surface area (Å²) in [5, 5.41) is 2.68. The van der Waals surface area contributed by atoms with Crippen LogP contribution in [0.4, 0.5) is 8.78 Å². The van der Waals surface area contributed by atoms with E-state index in [1.807, 2.05) is 13.8 Å². The number of nitrogens with one attached hydrogen (secondary N) is 1. The molecule has 2 rings (SSSR count). The Morgan fingerprint density at radius 1 is 1.56 bits per heavy atom. The van der Waals surface area contributed by atoms with Gasteiger partial charge in [-0.3, -0.25) is 9.59 Å². The maximum absolute atomic E-state index is 12.9. The number of halogens is 2. The molecule has 1 N–H and O–H groups in total. The van der Waals surface area contributed by atoms with E-state index in [9.17, 15) is 18.4 Å². The Labute approximate surface area is 105 Å². The van der Waals surface area contributed by atoms with Gasteiger partial charge in [-0.05, 0) is 12.3 Å². The minimum Gasteiger partial charge on any atom is -0.353 e. The van der Waals surface area contributed by atoms with Gasteiger partial charge in [0, 0.05) is 19.5 Å². The van der Waals surface area contributed by atoms with Crippen LogP contribution in [0.2, 0.25) is 0 Å². The second kappa shape index (κ2) is 4.48. The van der Waals surface area contributed by atoms with Gasteiger partial charge in [0.1, 0.15) is 12.0 Å². The topological polar surface area (TPSA) is 49.4 Å². The Morgan fingerprint density at radius 3 is 2.67 bits per heavy atom. The van der Waals surface area contributed by atoms with Crippen molar-refractivity contribution >= 4 is 11.8 Å². The molecule has 2 fully saturated rings. The van der Waals surface area contributed by atoms with Gasteiger partial charge < -0.3 is 10.2 Å². The third-order valence-corrected chi connectivity index (χ3v) is 3.43. The van der Waals surface area contributed by atoms with Crippen LogP contribution in [0.1, 0.15) is 26.7 Å². The Kier molecular flexibility index (Phi) is 3.29.